The van der Waals surface area contributed by atoms with Crippen LogP contribution < -0.4 is 0 Å². The minimum absolute atomic E-state index is 0.159. The number of amides is 1. The second-order valence-corrected chi connectivity index (χ2v) is 6.80. The van der Waals surface area contributed by atoms with E-state index in [1.807, 2.05) is 35.2 Å². The molecular weight excluding hydrogens is 358 g/mol. The highest BCUT2D eigenvalue weighted by molar-refractivity contribution is 6.15. The van der Waals surface area contributed by atoms with Crippen molar-refractivity contribution in [3.05, 3.63) is 41.7 Å². The third-order valence-electron chi connectivity index (χ3n) is 4.91. The van der Waals surface area contributed by atoms with Gasteiger partial charge in [0.15, 0.2) is 18.1 Å². The van der Waals surface area contributed by atoms with Gasteiger partial charge in [-0.25, -0.2) is 4.79 Å². The zero-order valence-corrected chi connectivity index (χ0v) is 16.2. The van der Waals surface area contributed by atoms with Crippen LogP contribution in [-0.4, -0.2) is 56.2 Å². The zero-order valence-electron chi connectivity index (χ0n) is 16.2. The summed E-state index contributed by atoms with van der Waals surface area (Å²) in [6.45, 7) is 4.19. The Morgan fingerprint density at radius 2 is 2.04 bits per heavy atom. The van der Waals surface area contributed by atoms with Gasteiger partial charge in [-0.2, -0.15) is 4.68 Å². The third kappa shape index (κ3) is 4.62. The Hall–Kier alpha value is -3.03. The lowest BCUT2D eigenvalue weighted by atomic mass is 10.00. The Kier molecular flexibility index (Phi) is 6.52. The maximum Gasteiger partial charge on any atom is 0.357 e. The Morgan fingerprint density at radius 3 is 2.71 bits per heavy atom. The summed E-state index contributed by atoms with van der Waals surface area (Å²) in [4.78, 5) is 27.2. The largest absolute Gasteiger partial charge is 0.451 e. The molecule has 2 heterocycles. The number of likely N-dealkylation sites (tertiary alicyclic amines) is 1. The predicted molar refractivity (Wildman–Crippen MR) is 104 cm³/mol. The number of esters is 1. The lowest BCUT2D eigenvalue weighted by Gasteiger charge is -2.35. The van der Waals surface area contributed by atoms with E-state index in [1.54, 1.807) is 13.0 Å². The van der Waals surface area contributed by atoms with Gasteiger partial charge in [-0.3, -0.25) is 4.79 Å². The molecule has 1 fully saturated rings. The van der Waals surface area contributed by atoms with Crippen LogP contribution in [0.25, 0.3) is 11.8 Å². The molecule has 0 saturated carbocycles. The molecule has 0 spiro atoms. The monoisotopic (exact) mass is 383 g/mol. The number of hydrogen-bond donors (Lipinski definition) is 0. The molecule has 0 bridgehead atoms. The van der Waals surface area contributed by atoms with Gasteiger partial charge >= 0.3 is 5.97 Å². The normalized spacial score (nSPS) is 17.4. The van der Waals surface area contributed by atoms with Crippen molar-refractivity contribution in [2.24, 2.45) is 0 Å². The molecule has 0 radical (unpaired) electrons. The molecule has 3 rings (SSSR count). The highest BCUT2D eigenvalue weighted by Gasteiger charge is 2.27. The highest BCUT2D eigenvalue weighted by Crippen LogP contribution is 2.20. The number of aromatic nitrogens is 4. The van der Waals surface area contributed by atoms with Crippen molar-refractivity contribution in [1.29, 1.82) is 0 Å². The van der Waals surface area contributed by atoms with E-state index >= 15 is 0 Å². The average Bonchev–Trinajstić information content (AvgIpc) is 3.16. The van der Waals surface area contributed by atoms with Crippen LogP contribution in [0.1, 0.15) is 44.0 Å². The summed E-state index contributed by atoms with van der Waals surface area (Å²) >= 11 is 0. The van der Waals surface area contributed by atoms with Gasteiger partial charge in [0.1, 0.15) is 0 Å². The maximum absolute atomic E-state index is 12.8. The quantitative estimate of drug-likeness (QED) is 0.562. The number of carbonyl (C=O) groups excluding carboxylic acids is 2. The first-order chi connectivity index (χ1) is 13.6. The van der Waals surface area contributed by atoms with Crippen molar-refractivity contribution < 1.29 is 14.3 Å². The Labute approximate surface area is 164 Å². The maximum atomic E-state index is 12.8. The molecule has 1 aromatic carbocycles. The molecular formula is C20H25N5O3. The van der Waals surface area contributed by atoms with Crippen LogP contribution in [0.15, 0.2) is 30.3 Å². The first-order valence-corrected chi connectivity index (χ1v) is 9.59. The molecule has 1 atom stereocenters. The Bertz CT molecular complexity index is 847. The van der Waals surface area contributed by atoms with Crippen molar-refractivity contribution in [1.82, 2.24) is 25.1 Å². The number of benzene rings is 1. The average molecular weight is 383 g/mol. The summed E-state index contributed by atoms with van der Waals surface area (Å²) in [5, 5.41) is 11.3. The molecule has 28 heavy (non-hydrogen) atoms. The van der Waals surface area contributed by atoms with E-state index in [2.05, 4.69) is 22.4 Å². The molecule has 1 aliphatic heterocycles. The molecule has 0 N–H and O–H groups in total. The number of hydrogen-bond acceptors (Lipinski definition) is 6. The van der Waals surface area contributed by atoms with E-state index in [4.69, 9.17) is 4.74 Å². The third-order valence-corrected chi connectivity index (χ3v) is 4.91. The van der Waals surface area contributed by atoms with Crippen LogP contribution in [0, 0.1) is 6.92 Å². The first kappa shape index (κ1) is 19.7. The van der Waals surface area contributed by atoms with Crippen LogP contribution in [0.2, 0.25) is 0 Å². The summed E-state index contributed by atoms with van der Waals surface area (Å²) < 4.78 is 6.66. The fourth-order valence-electron chi connectivity index (χ4n) is 3.41. The van der Waals surface area contributed by atoms with E-state index in [-0.39, 0.29) is 24.3 Å². The van der Waals surface area contributed by atoms with E-state index in [0.29, 0.717) is 12.4 Å². The van der Waals surface area contributed by atoms with E-state index in [9.17, 15) is 9.59 Å². The summed E-state index contributed by atoms with van der Waals surface area (Å²) in [5.41, 5.74) is 0.963. The van der Waals surface area contributed by atoms with Crippen LogP contribution in [0.4, 0.5) is 0 Å². The Balaban J connectivity index is 1.74. The minimum Gasteiger partial charge on any atom is -0.451 e. The molecule has 148 valence electrons. The molecule has 2 aromatic rings. The van der Waals surface area contributed by atoms with Crippen LogP contribution in [0.3, 0.4) is 0 Å². The van der Waals surface area contributed by atoms with Gasteiger partial charge in [0.2, 0.25) is 0 Å². The smallest absolute Gasteiger partial charge is 0.357 e. The van der Waals surface area contributed by atoms with Gasteiger partial charge in [-0.05, 0) is 54.7 Å². The molecule has 1 saturated heterocycles. The number of nitrogens with zero attached hydrogens (tertiary/aromatic N) is 5. The van der Waals surface area contributed by atoms with Crippen LogP contribution >= 0.6 is 0 Å². The molecule has 0 unspecified atom stereocenters. The van der Waals surface area contributed by atoms with Crippen molar-refractivity contribution in [2.75, 3.05) is 13.2 Å². The van der Waals surface area contributed by atoms with Gasteiger partial charge in [-0.1, -0.05) is 37.3 Å². The van der Waals surface area contributed by atoms with E-state index in [0.717, 1.165) is 31.2 Å². The zero-order chi connectivity index (χ0) is 19.9. The standard InChI is InChI=1S/C20H25N5O3/c1-3-17-11-7-8-12-24(17)19(26)14-28-20(27)18(25-15(2)21-22-23-25)13-16-9-5-4-6-10-16/h4-6,9-10,13,17H,3,7-8,11-12,14H2,1-2H3/b18-13-/t17-/m0/s1. The van der Waals surface area contributed by atoms with Gasteiger partial charge < -0.3 is 9.64 Å². The Morgan fingerprint density at radius 1 is 1.25 bits per heavy atom. The van der Waals surface area contributed by atoms with Crippen molar-refractivity contribution in [3.8, 4) is 0 Å². The van der Waals surface area contributed by atoms with Crippen LogP contribution in [0.5, 0.6) is 0 Å². The molecule has 0 aliphatic carbocycles. The van der Waals surface area contributed by atoms with Crippen molar-refractivity contribution in [3.63, 3.8) is 0 Å². The molecule has 8 heteroatoms. The second-order valence-electron chi connectivity index (χ2n) is 6.80. The predicted octanol–water partition coefficient (Wildman–Crippen LogP) is 2.31. The fourth-order valence-corrected chi connectivity index (χ4v) is 3.41. The SMILES string of the molecule is CC[C@H]1CCCCN1C(=O)COC(=O)/C(=C/c1ccccc1)n1nnnc1C. The van der Waals surface area contributed by atoms with Crippen LogP contribution in [-0.2, 0) is 14.3 Å². The van der Waals surface area contributed by atoms with Crippen molar-refractivity contribution in [2.45, 2.75) is 45.6 Å². The fraction of sp³-hybridized carbons (Fsp3) is 0.450. The topological polar surface area (TPSA) is 90.2 Å². The number of piperidine rings is 1. The highest BCUT2D eigenvalue weighted by atomic mass is 16.5. The summed E-state index contributed by atoms with van der Waals surface area (Å²) in [5.74, 6) is -0.349. The van der Waals surface area contributed by atoms with Crippen molar-refractivity contribution >= 4 is 23.6 Å². The lowest BCUT2D eigenvalue weighted by molar-refractivity contribution is -0.149. The van der Waals surface area contributed by atoms with Gasteiger partial charge in [0, 0.05) is 12.6 Å². The molecule has 1 aromatic heterocycles. The van der Waals surface area contributed by atoms with E-state index < -0.39 is 5.97 Å². The minimum atomic E-state index is -0.641. The number of tetrazole rings is 1. The molecule has 1 amide bonds. The van der Waals surface area contributed by atoms with Gasteiger partial charge in [0.05, 0.1) is 0 Å². The van der Waals surface area contributed by atoms with Gasteiger partial charge in [-0.15, -0.1) is 5.10 Å². The van der Waals surface area contributed by atoms with Gasteiger partial charge in [0.25, 0.3) is 5.91 Å². The number of aryl methyl sites for hydroxylation is 1. The first-order valence-electron chi connectivity index (χ1n) is 9.59. The summed E-state index contributed by atoms with van der Waals surface area (Å²) in [6.07, 6.45) is 5.66. The molecule has 8 nitrogen and oxygen atoms in total. The van der Waals surface area contributed by atoms with E-state index in [1.165, 1.54) is 4.68 Å². The summed E-state index contributed by atoms with van der Waals surface area (Å²) in [6, 6.07) is 9.56. The second kappa shape index (κ2) is 9.25. The molecule has 1 aliphatic rings. The number of rotatable bonds is 6. The lowest BCUT2D eigenvalue weighted by Crippen LogP contribution is -2.45. The summed E-state index contributed by atoms with van der Waals surface area (Å²) in [7, 11) is 0. The number of ether oxygens (including phenoxy) is 1. The number of carbonyl (C=O) groups is 2.